The van der Waals surface area contributed by atoms with Gasteiger partial charge in [0.25, 0.3) is 0 Å². The lowest BCUT2D eigenvalue weighted by molar-refractivity contribution is 0.142. The second-order valence-electron chi connectivity index (χ2n) is 7.35. The van der Waals surface area contributed by atoms with Crippen LogP contribution in [0.3, 0.4) is 0 Å². The molecule has 1 N–H and O–H groups in total. The number of rotatable bonds is 4. The van der Waals surface area contributed by atoms with E-state index in [1.165, 1.54) is 17.0 Å². The minimum absolute atomic E-state index is 0.0121. The highest BCUT2D eigenvalue weighted by Gasteiger charge is 2.34. The molecule has 0 aromatic heterocycles. The molecule has 0 bridgehead atoms. The van der Waals surface area contributed by atoms with Crippen molar-refractivity contribution in [3.63, 3.8) is 0 Å². The second-order valence-corrected chi connectivity index (χ2v) is 8.97. The average Bonchev–Trinajstić information content (AvgIpc) is 2.82. The van der Waals surface area contributed by atoms with Crippen LogP contribution in [0.2, 0.25) is 0 Å². The van der Waals surface area contributed by atoms with E-state index in [2.05, 4.69) is 5.32 Å². The van der Waals surface area contributed by atoms with Gasteiger partial charge in [-0.1, -0.05) is 0 Å². The first kappa shape index (κ1) is 20.5. The van der Waals surface area contributed by atoms with Crippen molar-refractivity contribution in [2.24, 2.45) is 0 Å². The molecule has 1 amide bonds. The molecular weight excluding hydrogens is 418 g/mol. The van der Waals surface area contributed by atoms with Gasteiger partial charge in [0.1, 0.15) is 11.8 Å². The molecule has 3 heterocycles. The van der Waals surface area contributed by atoms with E-state index in [1.807, 2.05) is 4.90 Å². The van der Waals surface area contributed by atoms with Gasteiger partial charge in [-0.25, -0.2) is 13.6 Å². The number of thioether (sulfide) groups is 1. The fourth-order valence-electron chi connectivity index (χ4n) is 3.65. The number of hydrogen-bond donors (Lipinski definition) is 1. The third-order valence-corrected chi connectivity index (χ3v) is 6.80. The molecule has 3 aliphatic heterocycles. The third-order valence-electron chi connectivity index (χ3n) is 5.35. The minimum atomic E-state index is -0.653. The standard InChI is InChI=1S/C19H24F2N4O2S2/c20-15-9-13(10-16(21)17(15)23-5-2-7-29-8-6-23)25-12-14(27-19(25)26)11-22-18(28)24-3-1-4-24/h9-10,14H,1-8,11-12H2,(H,22,28). The van der Waals surface area contributed by atoms with Crippen molar-refractivity contribution in [2.45, 2.75) is 18.9 Å². The van der Waals surface area contributed by atoms with Gasteiger partial charge in [-0.3, -0.25) is 4.90 Å². The summed E-state index contributed by atoms with van der Waals surface area (Å²) in [7, 11) is 0. The lowest BCUT2D eigenvalue weighted by Gasteiger charge is -2.33. The maximum atomic E-state index is 14.8. The van der Waals surface area contributed by atoms with E-state index in [0.29, 0.717) is 24.7 Å². The number of likely N-dealkylation sites (tertiary alicyclic amines) is 1. The van der Waals surface area contributed by atoms with Gasteiger partial charge in [-0.05, 0) is 30.8 Å². The Kier molecular flexibility index (Phi) is 6.29. The SMILES string of the molecule is O=C1OC(CNC(=S)N2CCC2)CN1c1cc(F)c(N2CCCSCC2)c(F)c1. The van der Waals surface area contributed by atoms with Gasteiger partial charge in [0.05, 0.1) is 18.8 Å². The van der Waals surface area contributed by atoms with Gasteiger partial charge < -0.3 is 19.9 Å². The van der Waals surface area contributed by atoms with Crippen LogP contribution in [0.4, 0.5) is 25.0 Å². The number of halogens is 2. The zero-order chi connectivity index (χ0) is 20.4. The van der Waals surface area contributed by atoms with Crippen molar-refractivity contribution in [3.8, 4) is 0 Å². The predicted molar refractivity (Wildman–Crippen MR) is 115 cm³/mol. The lowest BCUT2D eigenvalue weighted by atomic mass is 10.2. The number of hydrogen-bond acceptors (Lipinski definition) is 5. The highest BCUT2D eigenvalue weighted by molar-refractivity contribution is 7.99. The first-order chi connectivity index (χ1) is 14.0. The largest absolute Gasteiger partial charge is 0.442 e. The zero-order valence-electron chi connectivity index (χ0n) is 16.0. The molecule has 1 atom stereocenters. The van der Waals surface area contributed by atoms with Crippen LogP contribution in [0.15, 0.2) is 12.1 Å². The molecule has 0 aliphatic carbocycles. The normalized spacial score (nSPS) is 22.2. The van der Waals surface area contributed by atoms with Crippen LogP contribution in [0.1, 0.15) is 12.8 Å². The summed E-state index contributed by atoms with van der Waals surface area (Å²) in [6, 6.07) is 2.44. The van der Waals surface area contributed by atoms with Crippen LogP contribution in [0, 0.1) is 11.6 Å². The molecule has 1 aromatic carbocycles. The van der Waals surface area contributed by atoms with Crippen molar-refractivity contribution >= 4 is 46.6 Å². The average molecular weight is 443 g/mol. The fourth-order valence-corrected chi connectivity index (χ4v) is 4.80. The Morgan fingerprint density at radius 1 is 1.17 bits per heavy atom. The van der Waals surface area contributed by atoms with Crippen molar-refractivity contribution in [2.75, 3.05) is 60.6 Å². The van der Waals surface area contributed by atoms with E-state index < -0.39 is 23.8 Å². The first-order valence-corrected chi connectivity index (χ1v) is 11.4. The van der Waals surface area contributed by atoms with E-state index >= 15 is 0 Å². The Morgan fingerprint density at radius 3 is 2.62 bits per heavy atom. The number of carbonyl (C=O) groups is 1. The molecule has 29 heavy (non-hydrogen) atoms. The van der Waals surface area contributed by atoms with Gasteiger partial charge in [-0.2, -0.15) is 11.8 Å². The molecule has 1 unspecified atom stereocenters. The van der Waals surface area contributed by atoms with E-state index in [9.17, 15) is 13.6 Å². The topological polar surface area (TPSA) is 48.1 Å². The van der Waals surface area contributed by atoms with Crippen molar-refractivity contribution in [1.29, 1.82) is 0 Å². The highest BCUT2D eigenvalue weighted by atomic mass is 32.2. The van der Waals surface area contributed by atoms with E-state index in [4.69, 9.17) is 17.0 Å². The monoisotopic (exact) mass is 442 g/mol. The minimum Gasteiger partial charge on any atom is -0.442 e. The number of thiocarbonyl (C=S) groups is 1. The number of anilines is 2. The second kappa shape index (κ2) is 8.91. The summed E-state index contributed by atoms with van der Waals surface area (Å²) in [5.74, 6) is 0.529. The molecule has 3 saturated heterocycles. The Hall–Kier alpha value is -1.81. The number of nitrogens with one attached hydrogen (secondary N) is 1. The molecule has 158 valence electrons. The molecule has 1 aromatic rings. The maximum absolute atomic E-state index is 14.8. The molecule has 3 fully saturated rings. The molecule has 3 aliphatic rings. The van der Waals surface area contributed by atoms with Gasteiger partial charge in [0, 0.05) is 44.1 Å². The third kappa shape index (κ3) is 4.53. The van der Waals surface area contributed by atoms with Crippen LogP contribution >= 0.6 is 24.0 Å². The molecule has 10 heteroatoms. The Morgan fingerprint density at radius 2 is 1.93 bits per heavy atom. The molecule has 0 saturated carbocycles. The number of cyclic esters (lactones) is 1. The summed E-state index contributed by atoms with van der Waals surface area (Å²) < 4.78 is 34.9. The van der Waals surface area contributed by atoms with Crippen molar-refractivity contribution in [1.82, 2.24) is 10.2 Å². The smallest absolute Gasteiger partial charge is 0.414 e. The lowest BCUT2D eigenvalue weighted by Crippen LogP contribution is -2.49. The first-order valence-electron chi connectivity index (χ1n) is 9.85. The summed E-state index contributed by atoms with van der Waals surface area (Å²) in [5, 5.41) is 3.74. The number of amides is 1. The summed E-state index contributed by atoms with van der Waals surface area (Å²) in [5.41, 5.74) is 0.160. The van der Waals surface area contributed by atoms with Gasteiger partial charge in [0.15, 0.2) is 16.7 Å². The van der Waals surface area contributed by atoms with E-state index in [1.54, 1.807) is 16.7 Å². The number of nitrogens with zero attached hydrogens (tertiary/aromatic N) is 3. The van der Waals surface area contributed by atoms with Crippen LogP contribution in [0.5, 0.6) is 0 Å². The molecule has 6 nitrogen and oxygen atoms in total. The quantitative estimate of drug-likeness (QED) is 0.720. The Bertz CT molecular complexity index is 762. The summed E-state index contributed by atoms with van der Waals surface area (Å²) in [6.45, 7) is 3.68. The fraction of sp³-hybridized carbons (Fsp3) is 0.579. The number of carbonyl (C=O) groups excluding carboxylic acids is 1. The van der Waals surface area contributed by atoms with Crippen molar-refractivity contribution in [3.05, 3.63) is 23.8 Å². The summed E-state index contributed by atoms with van der Waals surface area (Å²) >= 11 is 7.08. The number of benzene rings is 1. The molecular formula is C19H24F2N4O2S2. The predicted octanol–water partition coefficient (Wildman–Crippen LogP) is 2.81. The highest BCUT2D eigenvalue weighted by Crippen LogP contribution is 2.32. The van der Waals surface area contributed by atoms with Crippen LogP contribution < -0.4 is 15.1 Å². The van der Waals surface area contributed by atoms with Gasteiger partial charge in [-0.15, -0.1) is 0 Å². The van der Waals surface area contributed by atoms with Crippen LogP contribution in [-0.2, 0) is 4.74 Å². The Balaban J connectivity index is 1.42. The van der Waals surface area contributed by atoms with E-state index in [0.717, 1.165) is 37.4 Å². The van der Waals surface area contributed by atoms with Gasteiger partial charge >= 0.3 is 6.09 Å². The zero-order valence-corrected chi connectivity index (χ0v) is 17.7. The van der Waals surface area contributed by atoms with Gasteiger partial charge in [0.2, 0.25) is 0 Å². The molecule has 4 rings (SSSR count). The Labute approximate surface area is 178 Å². The van der Waals surface area contributed by atoms with Crippen molar-refractivity contribution < 1.29 is 18.3 Å². The number of ether oxygens (including phenoxy) is 1. The van der Waals surface area contributed by atoms with Crippen LogP contribution in [0.25, 0.3) is 0 Å². The summed E-state index contributed by atoms with van der Waals surface area (Å²) in [6.07, 6.45) is 0.967. The molecule has 0 spiro atoms. The van der Waals surface area contributed by atoms with E-state index in [-0.39, 0.29) is 17.9 Å². The molecule has 0 radical (unpaired) electrons. The summed E-state index contributed by atoms with van der Waals surface area (Å²) in [4.78, 5) is 17.3. The van der Waals surface area contributed by atoms with Crippen LogP contribution in [-0.4, -0.2) is 73.0 Å². The maximum Gasteiger partial charge on any atom is 0.414 e.